The molecule has 0 amide bonds. The molecule has 1 unspecified atom stereocenters. The molecule has 1 N–H and O–H groups in total. The number of rotatable bonds is 4. The van der Waals surface area contributed by atoms with Gasteiger partial charge in [0, 0.05) is 6.04 Å². The maximum Gasteiger partial charge on any atom is 0.00362 e. The Morgan fingerprint density at radius 3 is 2.67 bits per heavy atom. The van der Waals surface area contributed by atoms with Gasteiger partial charge in [0.05, 0.1) is 0 Å². The average Bonchev–Trinajstić information content (AvgIpc) is 2.16. The zero-order chi connectivity index (χ0) is 8.81. The van der Waals surface area contributed by atoms with Crippen molar-refractivity contribution < 1.29 is 0 Å². The Morgan fingerprint density at radius 2 is 2.08 bits per heavy atom. The molecule has 1 saturated heterocycles. The van der Waals surface area contributed by atoms with Crippen molar-refractivity contribution in [3.05, 3.63) is 0 Å². The van der Waals surface area contributed by atoms with Crippen molar-refractivity contribution in [3.63, 3.8) is 0 Å². The van der Waals surface area contributed by atoms with E-state index in [-0.39, 0.29) is 0 Å². The fraction of sp³-hybridized carbons (Fsp3) is 1.00. The highest BCUT2D eigenvalue weighted by Crippen LogP contribution is 2.21. The summed E-state index contributed by atoms with van der Waals surface area (Å²) in [7, 11) is 0. The SMILES string of the molecule is CCC(C)NCC1CCSCC1. The molecule has 1 heterocycles. The molecule has 1 nitrogen and oxygen atoms in total. The summed E-state index contributed by atoms with van der Waals surface area (Å²) in [5.41, 5.74) is 0. The molecule has 1 aliphatic heterocycles. The number of thioether (sulfide) groups is 1. The predicted molar refractivity (Wildman–Crippen MR) is 57.8 cm³/mol. The Bertz CT molecular complexity index is 110. The minimum absolute atomic E-state index is 0.708. The van der Waals surface area contributed by atoms with Gasteiger partial charge in [0.15, 0.2) is 0 Å². The van der Waals surface area contributed by atoms with Gasteiger partial charge in [-0.05, 0) is 50.2 Å². The summed E-state index contributed by atoms with van der Waals surface area (Å²) in [6, 6.07) is 0.708. The lowest BCUT2D eigenvalue weighted by Gasteiger charge is -2.23. The molecular formula is C10H21NS. The van der Waals surface area contributed by atoms with Crippen LogP contribution in [-0.2, 0) is 0 Å². The molecule has 0 aliphatic carbocycles. The summed E-state index contributed by atoms with van der Waals surface area (Å²) in [5, 5.41) is 3.59. The fourth-order valence-electron chi connectivity index (χ4n) is 1.46. The first-order valence-electron chi connectivity index (χ1n) is 5.14. The third-order valence-electron chi connectivity index (χ3n) is 2.71. The van der Waals surface area contributed by atoms with Crippen LogP contribution < -0.4 is 5.32 Å². The molecule has 12 heavy (non-hydrogen) atoms. The zero-order valence-electron chi connectivity index (χ0n) is 8.31. The van der Waals surface area contributed by atoms with Crippen LogP contribution in [0.25, 0.3) is 0 Å². The van der Waals surface area contributed by atoms with Gasteiger partial charge in [0.1, 0.15) is 0 Å². The lowest BCUT2D eigenvalue weighted by atomic mass is 10.0. The van der Waals surface area contributed by atoms with Crippen LogP contribution in [0.4, 0.5) is 0 Å². The Kier molecular flexibility index (Phi) is 5.08. The maximum absolute atomic E-state index is 3.59. The molecule has 2 heteroatoms. The fourth-order valence-corrected chi connectivity index (χ4v) is 2.67. The van der Waals surface area contributed by atoms with Gasteiger partial charge < -0.3 is 5.32 Å². The van der Waals surface area contributed by atoms with Crippen molar-refractivity contribution >= 4 is 11.8 Å². The minimum atomic E-state index is 0.708. The molecule has 0 saturated carbocycles. The summed E-state index contributed by atoms with van der Waals surface area (Å²) in [6.45, 7) is 5.77. The Labute approximate surface area is 80.7 Å². The second-order valence-corrected chi connectivity index (χ2v) is 5.00. The Hall–Kier alpha value is 0.310. The van der Waals surface area contributed by atoms with Gasteiger partial charge in [0.2, 0.25) is 0 Å². The minimum Gasteiger partial charge on any atom is -0.314 e. The number of hydrogen-bond donors (Lipinski definition) is 1. The second kappa shape index (κ2) is 5.87. The average molecular weight is 187 g/mol. The van der Waals surface area contributed by atoms with Gasteiger partial charge >= 0.3 is 0 Å². The van der Waals surface area contributed by atoms with E-state index >= 15 is 0 Å². The van der Waals surface area contributed by atoms with Crippen molar-refractivity contribution in [1.29, 1.82) is 0 Å². The summed E-state index contributed by atoms with van der Waals surface area (Å²) in [6.07, 6.45) is 4.10. The van der Waals surface area contributed by atoms with Gasteiger partial charge in [-0.2, -0.15) is 11.8 Å². The topological polar surface area (TPSA) is 12.0 Å². The summed E-state index contributed by atoms with van der Waals surface area (Å²) < 4.78 is 0. The number of nitrogens with one attached hydrogen (secondary N) is 1. The third-order valence-corrected chi connectivity index (χ3v) is 3.76. The second-order valence-electron chi connectivity index (χ2n) is 3.77. The largest absolute Gasteiger partial charge is 0.314 e. The van der Waals surface area contributed by atoms with Gasteiger partial charge in [-0.1, -0.05) is 6.92 Å². The first-order chi connectivity index (χ1) is 5.83. The van der Waals surface area contributed by atoms with Gasteiger partial charge in [0.25, 0.3) is 0 Å². The smallest absolute Gasteiger partial charge is 0.00362 e. The zero-order valence-corrected chi connectivity index (χ0v) is 9.12. The molecule has 0 aromatic carbocycles. The van der Waals surface area contributed by atoms with Crippen LogP contribution in [-0.4, -0.2) is 24.1 Å². The highest BCUT2D eigenvalue weighted by Gasteiger charge is 2.13. The molecule has 0 bridgehead atoms. The molecule has 1 fully saturated rings. The van der Waals surface area contributed by atoms with E-state index in [1.54, 1.807) is 0 Å². The molecule has 72 valence electrons. The van der Waals surface area contributed by atoms with E-state index < -0.39 is 0 Å². The molecule has 1 atom stereocenters. The van der Waals surface area contributed by atoms with E-state index in [9.17, 15) is 0 Å². The quantitative estimate of drug-likeness (QED) is 0.726. The monoisotopic (exact) mass is 187 g/mol. The summed E-state index contributed by atoms with van der Waals surface area (Å²) in [4.78, 5) is 0. The molecule has 1 rings (SSSR count). The van der Waals surface area contributed by atoms with Crippen molar-refractivity contribution in [3.8, 4) is 0 Å². The van der Waals surface area contributed by atoms with Crippen molar-refractivity contribution in [2.24, 2.45) is 5.92 Å². The standard InChI is InChI=1S/C10H21NS/c1-3-9(2)11-8-10-4-6-12-7-5-10/h9-11H,3-8H2,1-2H3. The molecular weight excluding hydrogens is 166 g/mol. The lowest BCUT2D eigenvalue weighted by molar-refractivity contribution is 0.412. The molecule has 0 aromatic rings. The van der Waals surface area contributed by atoms with Crippen LogP contribution in [0.15, 0.2) is 0 Å². The predicted octanol–water partition coefficient (Wildman–Crippen LogP) is 2.52. The van der Waals surface area contributed by atoms with Crippen LogP contribution in [0.5, 0.6) is 0 Å². The highest BCUT2D eigenvalue weighted by atomic mass is 32.2. The molecule has 1 aliphatic rings. The van der Waals surface area contributed by atoms with E-state index in [1.165, 1.54) is 37.3 Å². The molecule has 0 spiro atoms. The molecule has 0 aromatic heterocycles. The van der Waals surface area contributed by atoms with Crippen LogP contribution in [0.3, 0.4) is 0 Å². The van der Waals surface area contributed by atoms with E-state index in [0.717, 1.165) is 5.92 Å². The van der Waals surface area contributed by atoms with E-state index in [4.69, 9.17) is 0 Å². The summed E-state index contributed by atoms with van der Waals surface area (Å²) >= 11 is 2.11. The Morgan fingerprint density at radius 1 is 1.42 bits per heavy atom. The first-order valence-corrected chi connectivity index (χ1v) is 6.29. The normalized spacial score (nSPS) is 22.5. The van der Waals surface area contributed by atoms with Crippen molar-refractivity contribution in [2.45, 2.75) is 39.2 Å². The van der Waals surface area contributed by atoms with Crippen LogP contribution >= 0.6 is 11.8 Å². The third kappa shape index (κ3) is 3.81. The van der Waals surface area contributed by atoms with Crippen LogP contribution in [0, 0.1) is 5.92 Å². The molecule has 0 radical (unpaired) electrons. The van der Waals surface area contributed by atoms with E-state index in [2.05, 4.69) is 30.9 Å². The van der Waals surface area contributed by atoms with E-state index in [0.29, 0.717) is 6.04 Å². The Balaban J connectivity index is 2.05. The van der Waals surface area contributed by atoms with Gasteiger partial charge in [-0.25, -0.2) is 0 Å². The van der Waals surface area contributed by atoms with Crippen molar-refractivity contribution in [1.82, 2.24) is 5.32 Å². The van der Waals surface area contributed by atoms with Gasteiger partial charge in [-0.3, -0.25) is 0 Å². The van der Waals surface area contributed by atoms with Crippen LogP contribution in [0.1, 0.15) is 33.1 Å². The van der Waals surface area contributed by atoms with Crippen molar-refractivity contribution in [2.75, 3.05) is 18.1 Å². The number of hydrogen-bond acceptors (Lipinski definition) is 2. The lowest BCUT2D eigenvalue weighted by Crippen LogP contribution is -2.32. The maximum atomic E-state index is 3.59. The summed E-state index contributed by atoms with van der Waals surface area (Å²) in [5.74, 6) is 3.72. The first kappa shape index (κ1) is 10.4. The van der Waals surface area contributed by atoms with Gasteiger partial charge in [-0.15, -0.1) is 0 Å². The van der Waals surface area contributed by atoms with E-state index in [1.807, 2.05) is 0 Å². The van der Waals surface area contributed by atoms with Crippen LogP contribution in [0.2, 0.25) is 0 Å². The highest BCUT2D eigenvalue weighted by molar-refractivity contribution is 7.99.